The number of ether oxygens (including phenoxy) is 1. The van der Waals surface area contributed by atoms with Crippen molar-refractivity contribution in [3.63, 3.8) is 0 Å². The summed E-state index contributed by atoms with van der Waals surface area (Å²) in [5, 5.41) is 18.9. The van der Waals surface area contributed by atoms with Gasteiger partial charge in [-0.15, -0.1) is 5.10 Å². The number of fused-ring (bicyclic) bond motifs is 1. The highest BCUT2D eigenvalue weighted by Gasteiger charge is 2.19. The number of aromatic nitrogens is 5. The van der Waals surface area contributed by atoms with E-state index in [1.165, 1.54) is 0 Å². The van der Waals surface area contributed by atoms with Crippen molar-refractivity contribution in [3.8, 4) is 0 Å². The van der Waals surface area contributed by atoms with Crippen molar-refractivity contribution in [2.24, 2.45) is 5.92 Å². The highest BCUT2D eigenvalue weighted by atomic mass is 35.5. The summed E-state index contributed by atoms with van der Waals surface area (Å²) >= 11 is 6.07. The molecule has 1 atom stereocenters. The first kappa shape index (κ1) is 15.1. The van der Waals surface area contributed by atoms with Crippen LogP contribution in [0.3, 0.4) is 0 Å². The van der Waals surface area contributed by atoms with Crippen molar-refractivity contribution in [3.05, 3.63) is 35.2 Å². The predicted octanol–water partition coefficient (Wildman–Crippen LogP) is 2.10. The van der Waals surface area contributed by atoms with Gasteiger partial charge in [0.1, 0.15) is 0 Å². The molecule has 3 aromatic rings. The van der Waals surface area contributed by atoms with Gasteiger partial charge >= 0.3 is 0 Å². The minimum Gasteiger partial charge on any atom is -0.381 e. The van der Waals surface area contributed by atoms with Crippen molar-refractivity contribution in [1.82, 2.24) is 25.2 Å². The second kappa shape index (κ2) is 6.21. The normalized spacial score (nSPS) is 17.5. The number of hydrogen-bond acceptors (Lipinski definition) is 5. The van der Waals surface area contributed by atoms with Crippen LogP contribution in [-0.4, -0.2) is 44.3 Å². The molecule has 4 rings (SSSR count). The highest BCUT2D eigenvalue weighted by Crippen LogP contribution is 2.26. The van der Waals surface area contributed by atoms with Gasteiger partial charge in [0.15, 0.2) is 5.69 Å². The van der Waals surface area contributed by atoms with Crippen LogP contribution in [0.1, 0.15) is 16.9 Å². The predicted molar refractivity (Wildman–Crippen MR) is 88.0 cm³/mol. The molecule has 0 radical (unpaired) electrons. The zero-order chi connectivity index (χ0) is 16.5. The molecular formula is C15H15ClN6O2. The van der Waals surface area contributed by atoms with Gasteiger partial charge in [-0.2, -0.15) is 5.10 Å². The first-order valence-electron chi connectivity index (χ1n) is 7.61. The number of nitrogens with one attached hydrogen (secondary N) is 2. The van der Waals surface area contributed by atoms with Crippen molar-refractivity contribution < 1.29 is 9.53 Å². The van der Waals surface area contributed by atoms with Crippen LogP contribution in [-0.2, 0) is 11.3 Å². The van der Waals surface area contributed by atoms with Crippen molar-refractivity contribution in [2.45, 2.75) is 13.0 Å². The third-order valence-electron chi connectivity index (χ3n) is 4.00. The Morgan fingerprint density at radius 2 is 2.42 bits per heavy atom. The Kier molecular flexibility index (Phi) is 3.91. The van der Waals surface area contributed by atoms with Gasteiger partial charge in [0, 0.05) is 29.5 Å². The molecule has 0 saturated carbocycles. The van der Waals surface area contributed by atoms with Crippen LogP contribution < -0.4 is 5.32 Å². The Labute approximate surface area is 142 Å². The number of halogens is 1. The molecule has 124 valence electrons. The molecule has 0 aliphatic carbocycles. The minimum absolute atomic E-state index is 0.251. The third-order valence-corrected chi connectivity index (χ3v) is 4.22. The Hall–Kier alpha value is -2.45. The summed E-state index contributed by atoms with van der Waals surface area (Å²) in [6.07, 6.45) is 4.29. The van der Waals surface area contributed by atoms with E-state index >= 15 is 0 Å². The number of anilines is 1. The van der Waals surface area contributed by atoms with Gasteiger partial charge in [-0.25, -0.2) is 0 Å². The van der Waals surface area contributed by atoms with Crippen LogP contribution in [0.25, 0.3) is 10.9 Å². The molecule has 1 unspecified atom stereocenters. The van der Waals surface area contributed by atoms with Crippen molar-refractivity contribution in [1.29, 1.82) is 0 Å². The van der Waals surface area contributed by atoms with Gasteiger partial charge in [0.05, 0.1) is 30.2 Å². The number of rotatable bonds is 4. The number of carbonyl (C=O) groups excluding carboxylic acids is 1. The van der Waals surface area contributed by atoms with E-state index in [-0.39, 0.29) is 11.6 Å². The van der Waals surface area contributed by atoms with Gasteiger partial charge in [-0.05, 0) is 18.6 Å². The number of hydrogen-bond donors (Lipinski definition) is 2. The van der Waals surface area contributed by atoms with Crippen LogP contribution in [0.4, 0.5) is 5.69 Å². The van der Waals surface area contributed by atoms with E-state index < -0.39 is 0 Å². The van der Waals surface area contributed by atoms with E-state index in [1.807, 2.05) is 0 Å². The summed E-state index contributed by atoms with van der Waals surface area (Å²) in [7, 11) is 0. The summed E-state index contributed by atoms with van der Waals surface area (Å²) in [6, 6.07) is 3.44. The SMILES string of the molecule is O=C(Nc1cc(Cl)cc2cn[nH]c12)c1cn(CC2CCOC2)nn1. The summed E-state index contributed by atoms with van der Waals surface area (Å²) in [5.41, 5.74) is 1.52. The zero-order valence-electron chi connectivity index (χ0n) is 12.7. The second-order valence-corrected chi connectivity index (χ2v) is 6.23. The largest absolute Gasteiger partial charge is 0.381 e. The molecule has 3 heterocycles. The molecule has 1 amide bonds. The average molecular weight is 347 g/mol. The van der Waals surface area contributed by atoms with E-state index in [1.54, 1.807) is 29.2 Å². The lowest BCUT2D eigenvalue weighted by atomic mass is 10.1. The fraction of sp³-hybridized carbons (Fsp3) is 0.333. The first-order valence-corrected chi connectivity index (χ1v) is 7.99. The summed E-state index contributed by atoms with van der Waals surface area (Å²) < 4.78 is 7.02. The van der Waals surface area contributed by atoms with E-state index in [2.05, 4.69) is 25.8 Å². The van der Waals surface area contributed by atoms with Crippen LogP contribution in [0.15, 0.2) is 24.5 Å². The molecule has 2 aromatic heterocycles. The van der Waals surface area contributed by atoms with Crippen LogP contribution in [0.5, 0.6) is 0 Å². The maximum absolute atomic E-state index is 12.4. The highest BCUT2D eigenvalue weighted by molar-refractivity contribution is 6.32. The standard InChI is InChI=1S/C15H15ClN6O2/c16-11-3-10-5-17-20-14(10)12(4-11)18-15(23)13-7-22(21-19-13)6-9-1-2-24-8-9/h3-5,7,9H,1-2,6,8H2,(H,17,20)(H,18,23). The molecule has 2 N–H and O–H groups in total. The molecule has 1 fully saturated rings. The molecule has 1 saturated heterocycles. The van der Waals surface area contributed by atoms with E-state index in [0.29, 0.717) is 28.7 Å². The molecule has 1 aliphatic heterocycles. The summed E-state index contributed by atoms with van der Waals surface area (Å²) in [4.78, 5) is 12.4. The van der Waals surface area contributed by atoms with Crippen LogP contribution >= 0.6 is 11.6 Å². The average Bonchev–Trinajstić information content (AvgIpc) is 3.28. The smallest absolute Gasteiger partial charge is 0.277 e. The number of benzene rings is 1. The monoisotopic (exact) mass is 346 g/mol. The molecular weight excluding hydrogens is 332 g/mol. The summed E-state index contributed by atoms with van der Waals surface area (Å²) in [6.45, 7) is 2.20. The topological polar surface area (TPSA) is 97.7 Å². The first-order chi connectivity index (χ1) is 11.7. The minimum atomic E-state index is -0.345. The fourth-order valence-corrected chi connectivity index (χ4v) is 3.02. The molecule has 24 heavy (non-hydrogen) atoms. The summed E-state index contributed by atoms with van der Waals surface area (Å²) in [5.74, 6) is 0.0715. The van der Waals surface area contributed by atoms with Crippen LogP contribution in [0.2, 0.25) is 5.02 Å². The fourth-order valence-electron chi connectivity index (χ4n) is 2.79. The molecule has 8 nitrogen and oxygen atoms in total. The Morgan fingerprint density at radius 1 is 1.50 bits per heavy atom. The molecule has 0 spiro atoms. The number of aromatic amines is 1. The van der Waals surface area contributed by atoms with Gasteiger partial charge in [0.25, 0.3) is 5.91 Å². The number of amides is 1. The lowest BCUT2D eigenvalue weighted by molar-refractivity contribution is 0.102. The third kappa shape index (κ3) is 2.98. The maximum Gasteiger partial charge on any atom is 0.277 e. The Balaban J connectivity index is 1.51. The van der Waals surface area contributed by atoms with Gasteiger partial charge in [-0.3, -0.25) is 14.6 Å². The maximum atomic E-state index is 12.4. The van der Waals surface area contributed by atoms with Gasteiger partial charge in [0.2, 0.25) is 0 Å². The van der Waals surface area contributed by atoms with Crippen molar-refractivity contribution in [2.75, 3.05) is 18.5 Å². The molecule has 9 heteroatoms. The molecule has 1 aliphatic rings. The quantitative estimate of drug-likeness (QED) is 0.753. The number of carbonyl (C=O) groups is 1. The number of H-pyrrole nitrogens is 1. The van der Waals surface area contributed by atoms with E-state index in [0.717, 1.165) is 25.0 Å². The van der Waals surface area contributed by atoms with Gasteiger partial charge in [-0.1, -0.05) is 16.8 Å². The van der Waals surface area contributed by atoms with E-state index in [4.69, 9.17) is 16.3 Å². The lowest BCUT2D eigenvalue weighted by Gasteiger charge is -2.06. The van der Waals surface area contributed by atoms with Gasteiger partial charge < -0.3 is 10.1 Å². The molecule has 1 aromatic carbocycles. The van der Waals surface area contributed by atoms with Crippen LogP contribution in [0, 0.1) is 5.92 Å². The zero-order valence-corrected chi connectivity index (χ0v) is 13.5. The number of nitrogens with zero attached hydrogens (tertiary/aromatic N) is 4. The van der Waals surface area contributed by atoms with E-state index in [9.17, 15) is 4.79 Å². The Morgan fingerprint density at radius 3 is 3.25 bits per heavy atom. The lowest BCUT2D eigenvalue weighted by Crippen LogP contribution is -2.13. The Bertz CT molecular complexity index is 883. The molecule has 0 bridgehead atoms. The second-order valence-electron chi connectivity index (χ2n) is 5.80. The van der Waals surface area contributed by atoms with Crippen molar-refractivity contribution >= 4 is 34.1 Å².